The molecular weight excluding hydrogens is 266 g/mol. The van der Waals surface area contributed by atoms with Crippen molar-refractivity contribution < 1.29 is 13.2 Å². The summed E-state index contributed by atoms with van der Waals surface area (Å²) in [6.45, 7) is 2.94. The number of para-hydroxylation sites is 1. The molecule has 1 rings (SSSR count). The second-order valence-corrected chi connectivity index (χ2v) is 5.79. The molecule has 0 aromatic heterocycles. The van der Waals surface area contributed by atoms with Gasteiger partial charge in [-0.15, -0.1) is 0 Å². The van der Waals surface area contributed by atoms with Crippen molar-refractivity contribution in [3.8, 4) is 0 Å². The number of hydrogen-bond donors (Lipinski definition) is 3. The normalized spacial score (nSPS) is 11.1. The second-order valence-electron chi connectivity index (χ2n) is 4.05. The van der Waals surface area contributed by atoms with Crippen molar-refractivity contribution in [2.45, 2.75) is 13.3 Å². The molecule has 106 valence electrons. The summed E-state index contributed by atoms with van der Waals surface area (Å²) in [5, 5.41) is 10.6. The number of amides is 1. The van der Waals surface area contributed by atoms with E-state index in [0.717, 1.165) is 12.2 Å². The first-order valence-electron chi connectivity index (χ1n) is 6.05. The van der Waals surface area contributed by atoms with Gasteiger partial charge in [-0.2, -0.15) is 0 Å². The molecule has 0 aliphatic heterocycles. The first-order valence-corrected chi connectivity index (χ1v) is 7.77. The Morgan fingerprint density at radius 1 is 1.32 bits per heavy atom. The van der Waals surface area contributed by atoms with Gasteiger partial charge in [-0.05, 0) is 25.5 Å². The zero-order valence-corrected chi connectivity index (χ0v) is 11.7. The number of benzene rings is 1. The van der Waals surface area contributed by atoms with Gasteiger partial charge in [0.1, 0.15) is 0 Å². The van der Waals surface area contributed by atoms with Crippen LogP contribution < -0.4 is 15.8 Å². The van der Waals surface area contributed by atoms with Crippen LogP contribution in [0, 0.1) is 0 Å². The third kappa shape index (κ3) is 5.71. The van der Waals surface area contributed by atoms with E-state index < -0.39 is 10.0 Å². The maximum absolute atomic E-state index is 11.9. The summed E-state index contributed by atoms with van der Waals surface area (Å²) in [6, 6.07) is 7.16. The Bertz CT molecular complexity index is 529. The largest absolute Gasteiger partial charge is 0.385 e. The topological polar surface area (TPSA) is 101 Å². The molecule has 0 spiro atoms. The van der Waals surface area contributed by atoms with Crippen LogP contribution in [-0.4, -0.2) is 33.2 Å². The lowest BCUT2D eigenvalue weighted by molar-refractivity contribution is 0.0954. The molecule has 0 aliphatic rings. The van der Waals surface area contributed by atoms with E-state index >= 15 is 0 Å². The molecule has 6 nitrogen and oxygen atoms in total. The summed E-state index contributed by atoms with van der Waals surface area (Å²) in [4.78, 5) is 11.9. The van der Waals surface area contributed by atoms with E-state index in [0.29, 0.717) is 12.0 Å². The number of hydrogen-bond acceptors (Lipinski definition) is 4. The zero-order chi connectivity index (χ0) is 14.3. The molecular formula is C12H19N3O3S. The van der Waals surface area contributed by atoms with Crippen LogP contribution in [0.3, 0.4) is 0 Å². The highest BCUT2D eigenvalue weighted by atomic mass is 32.2. The maximum Gasteiger partial charge on any atom is 0.253 e. The maximum atomic E-state index is 11.9. The molecule has 1 amide bonds. The Balaban J connectivity index is 2.54. The highest BCUT2D eigenvalue weighted by Crippen LogP contribution is 2.14. The van der Waals surface area contributed by atoms with Crippen LogP contribution in [0.4, 0.5) is 5.69 Å². The highest BCUT2D eigenvalue weighted by Gasteiger charge is 2.10. The molecule has 4 N–H and O–H groups in total. The van der Waals surface area contributed by atoms with Gasteiger partial charge in [0.05, 0.1) is 11.3 Å². The van der Waals surface area contributed by atoms with E-state index in [1.165, 1.54) is 0 Å². The Morgan fingerprint density at radius 2 is 2.00 bits per heavy atom. The van der Waals surface area contributed by atoms with Crippen LogP contribution in [0.2, 0.25) is 0 Å². The first kappa shape index (κ1) is 15.5. The summed E-state index contributed by atoms with van der Waals surface area (Å²) in [5.74, 6) is -0.367. The molecule has 0 atom stereocenters. The molecule has 0 aliphatic carbocycles. The van der Waals surface area contributed by atoms with Gasteiger partial charge in [0.25, 0.3) is 5.91 Å². The van der Waals surface area contributed by atoms with Crippen molar-refractivity contribution in [2.24, 2.45) is 5.14 Å². The van der Waals surface area contributed by atoms with E-state index in [9.17, 15) is 13.2 Å². The molecule has 0 saturated heterocycles. The minimum atomic E-state index is -3.47. The lowest BCUT2D eigenvalue weighted by Crippen LogP contribution is -2.28. The zero-order valence-electron chi connectivity index (χ0n) is 10.8. The van der Waals surface area contributed by atoms with Crippen molar-refractivity contribution in [1.82, 2.24) is 5.32 Å². The van der Waals surface area contributed by atoms with Gasteiger partial charge in [-0.3, -0.25) is 4.79 Å². The van der Waals surface area contributed by atoms with Crippen molar-refractivity contribution >= 4 is 21.6 Å². The van der Waals surface area contributed by atoms with Gasteiger partial charge in [0.15, 0.2) is 0 Å². The lowest BCUT2D eigenvalue weighted by atomic mass is 10.1. The van der Waals surface area contributed by atoms with Crippen LogP contribution in [0.1, 0.15) is 23.7 Å². The van der Waals surface area contributed by atoms with Crippen LogP contribution in [0.25, 0.3) is 0 Å². The van der Waals surface area contributed by atoms with Gasteiger partial charge in [0.2, 0.25) is 10.0 Å². The van der Waals surface area contributed by atoms with Gasteiger partial charge in [-0.25, -0.2) is 13.6 Å². The van der Waals surface area contributed by atoms with Gasteiger partial charge >= 0.3 is 0 Å². The quantitative estimate of drug-likeness (QED) is 0.636. The third-order valence-electron chi connectivity index (χ3n) is 2.43. The Kier molecular flexibility index (Phi) is 5.78. The highest BCUT2D eigenvalue weighted by molar-refractivity contribution is 7.89. The van der Waals surface area contributed by atoms with Crippen LogP contribution in [-0.2, 0) is 10.0 Å². The molecule has 0 fully saturated rings. The van der Waals surface area contributed by atoms with Crippen molar-refractivity contribution in [3.05, 3.63) is 29.8 Å². The first-order chi connectivity index (χ1) is 8.94. The summed E-state index contributed by atoms with van der Waals surface area (Å²) in [7, 11) is -3.47. The predicted octanol–water partition coefficient (Wildman–Crippen LogP) is 0.527. The number of sulfonamides is 1. The lowest BCUT2D eigenvalue weighted by Gasteiger charge is -2.10. The minimum Gasteiger partial charge on any atom is -0.385 e. The molecule has 1 aromatic carbocycles. The van der Waals surface area contributed by atoms with Crippen molar-refractivity contribution in [1.29, 1.82) is 0 Å². The molecule has 19 heavy (non-hydrogen) atoms. The van der Waals surface area contributed by atoms with E-state index in [1.807, 2.05) is 19.1 Å². The van der Waals surface area contributed by atoms with Gasteiger partial charge < -0.3 is 10.6 Å². The molecule has 0 bridgehead atoms. The summed E-state index contributed by atoms with van der Waals surface area (Å²) < 4.78 is 21.5. The molecule has 1 aromatic rings. The number of carbonyl (C=O) groups is 1. The van der Waals surface area contributed by atoms with E-state index in [-0.39, 0.29) is 18.2 Å². The summed E-state index contributed by atoms with van der Waals surface area (Å²) >= 11 is 0. The number of carbonyl (C=O) groups excluding carboxylic acids is 1. The van der Waals surface area contributed by atoms with E-state index in [2.05, 4.69) is 10.6 Å². The molecule has 0 heterocycles. The monoisotopic (exact) mass is 285 g/mol. The standard InChI is InChI=1S/C12H19N3O3S/c1-2-14-11-7-4-3-6-10(11)12(16)15-8-5-9-19(13,17)18/h3-4,6-7,14H,2,5,8-9H2,1H3,(H,15,16)(H2,13,17,18). The number of anilines is 1. The van der Waals surface area contributed by atoms with Crippen LogP contribution in [0.15, 0.2) is 24.3 Å². The number of nitrogens with one attached hydrogen (secondary N) is 2. The Labute approximate surface area is 113 Å². The van der Waals surface area contributed by atoms with Crippen LogP contribution >= 0.6 is 0 Å². The number of nitrogens with two attached hydrogens (primary N) is 1. The van der Waals surface area contributed by atoms with Crippen LogP contribution in [0.5, 0.6) is 0 Å². The number of primary sulfonamides is 1. The van der Waals surface area contributed by atoms with E-state index in [4.69, 9.17) is 5.14 Å². The predicted molar refractivity (Wildman–Crippen MR) is 75.5 cm³/mol. The fourth-order valence-corrected chi connectivity index (χ4v) is 2.14. The Hall–Kier alpha value is -1.60. The molecule has 0 saturated carbocycles. The molecule has 0 unspecified atom stereocenters. The SMILES string of the molecule is CCNc1ccccc1C(=O)NCCCS(N)(=O)=O. The molecule has 0 radical (unpaired) electrons. The fourth-order valence-electron chi connectivity index (χ4n) is 1.60. The molecule has 7 heteroatoms. The fraction of sp³-hybridized carbons (Fsp3) is 0.417. The Morgan fingerprint density at radius 3 is 2.63 bits per heavy atom. The summed E-state index contributed by atoms with van der Waals surface area (Å²) in [5.41, 5.74) is 1.30. The van der Waals surface area contributed by atoms with Gasteiger partial charge in [-0.1, -0.05) is 12.1 Å². The smallest absolute Gasteiger partial charge is 0.253 e. The minimum absolute atomic E-state index is 0.137. The third-order valence-corrected chi connectivity index (χ3v) is 3.29. The summed E-state index contributed by atoms with van der Waals surface area (Å²) in [6.07, 6.45) is 0.300. The van der Waals surface area contributed by atoms with Crippen molar-refractivity contribution in [3.63, 3.8) is 0 Å². The van der Waals surface area contributed by atoms with Crippen molar-refractivity contribution in [2.75, 3.05) is 24.2 Å². The average Bonchev–Trinajstić information content (AvgIpc) is 2.34. The number of rotatable bonds is 7. The van der Waals surface area contributed by atoms with Gasteiger partial charge in [0, 0.05) is 18.8 Å². The average molecular weight is 285 g/mol. The second kappa shape index (κ2) is 7.10. The van der Waals surface area contributed by atoms with E-state index in [1.54, 1.807) is 12.1 Å².